The lowest BCUT2D eigenvalue weighted by atomic mass is 9.92. The summed E-state index contributed by atoms with van der Waals surface area (Å²) in [5.41, 5.74) is 0.830. The largest absolute Gasteiger partial charge is 0.320 e. The molecular weight excluding hydrogens is 239 g/mol. The van der Waals surface area contributed by atoms with Crippen LogP contribution in [-0.2, 0) is 0 Å². The maximum Gasteiger partial charge on any atom is 0.127 e. The van der Waals surface area contributed by atoms with Crippen LogP contribution in [0.2, 0.25) is 0 Å². The van der Waals surface area contributed by atoms with Crippen molar-refractivity contribution in [3.8, 4) is 0 Å². The third-order valence-corrected chi connectivity index (χ3v) is 4.35. The molecule has 0 aromatic heterocycles. The number of hydrogen-bond donors (Lipinski definition) is 1. The molecule has 2 nitrogen and oxygen atoms in total. The number of nitrogens with one attached hydrogen (secondary N) is 1. The highest BCUT2D eigenvalue weighted by Crippen LogP contribution is 2.28. The van der Waals surface area contributed by atoms with Gasteiger partial charge in [-0.05, 0) is 64.9 Å². The normalized spacial score (nSPS) is 19.5. The van der Waals surface area contributed by atoms with Gasteiger partial charge in [0, 0.05) is 11.6 Å². The molecule has 0 aliphatic carbocycles. The van der Waals surface area contributed by atoms with Crippen LogP contribution in [-0.4, -0.2) is 31.6 Å². The van der Waals surface area contributed by atoms with Gasteiger partial charge in [-0.2, -0.15) is 0 Å². The molecular formula is C16H25FN2. The van der Waals surface area contributed by atoms with Crippen LogP contribution >= 0.6 is 0 Å². The number of benzene rings is 1. The van der Waals surface area contributed by atoms with Crippen molar-refractivity contribution in [3.63, 3.8) is 0 Å². The second-order valence-electron chi connectivity index (χ2n) is 5.57. The van der Waals surface area contributed by atoms with E-state index in [1.807, 2.05) is 19.2 Å². The molecule has 1 saturated heterocycles. The van der Waals surface area contributed by atoms with Crippen molar-refractivity contribution in [2.24, 2.45) is 5.92 Å². The lowest BCUT2D eigenvalue weighted by Gasteiger charge is -2.36. The first-order chi connectivity index (χ1) is 9.22. The van der Waals surface area contributed by atoms with Gasteiger partial charge in [-0.15, -0.1) is 0 Å². The van der Waals surface area contributed by atoms with Gasteiger partial charge >= 0.3 is 0 Å². The maximum atomic E-state index is 13.8. The van der Waals surface area contributed by atoms with Gasteiger partial charge in [-0.1, -0.05) is 18.2 Å². The Bertz CT molecular complexity index is 386. The molecule has 1 heterocycles. The fraction of sp³-hybridized carbons (Fsp3) is 0.625. The molecule has 0 spiro atoms. The predicted octanol–water partition coefficient (Wildman–Crippen LogP) is 3.21. The smallest absolute Gasteiger partial charge is 0.127 e. The van der Waals surface area contributed by atoms with Crippen molar-refractivity contribution in [1.82, 2.24) is 10.2 Å². The Morgan fingerprint density at radius 3 is 2.63 bits per heavy atom. The molecule has 1 fully saturated rings. The number of hydrogen-bond acceptors (Lipinski definition) is 2. The van der Waals surface area contributed by atoms with Gasteiger partial charge in [0.05, 0.1) is 0 Å². The number of piperidine rings is 1. The van der Waals surface area contributed by atoms with Crippen molar-refractivity contribution >= 4 is 0 Å². The lowest BCUT2D eigenvalue weighted by Crippen LogP contribution is -2.36. The van der Waals surface area contributed by atoms with Crippen molar-refractivity contribution in [2.45, 2.75) is 32.2 Å². The van der Waals surface area contributed by atoms with Crippen LogP contribution in [0.1, 0.15) is 37.8 Å². The van der Waals surface area contributed by atoms with Crippen molar-refractivity contribution in [3.05, 3.63) is 35.6 Å². The summed E-state index contributed by atoms with van der Waals surface area (Å²) in [6.07, 6.45) is 3.74. The molecule has 1 aromatic carbocycles. The Morgan fingerprint density at radius 1 is 1.32 bits per heavy atom. The van der Waals surface area contributed by atoms with Crippen LogP contribution < -0.4 is 5.32 Å². The molecule has 3 heteroatoms. The van der Waals surface area contributed by atoms with E-state index >= 15 is 0 Å². The molecule has 1 atom stereocenters. The minimum atomic E-state index is -0.0766. The van der Waals surface area contributed by atoms with Gasteiger partial charge in [0.2, 0.25) is 0 Å². The van der Waals surface area contributed by atoms with Crippen LogP contribution in [0.3, 0.4) is 0 Å². The van der Waals surface area contributed by atoms with Gasteiger partial charge in [-0.3, -0.25) is 4.90 Å². The summed E-state index contributed by atoms with van der Waals surface area (Å²) in [7, 11) is 2.01. The Morgan fingerprint density at radius 2 is 2.00 bits per heavy atom. The van der Waals surface area contributed by atoms with Crippen LogP contribution in [0.5, 0.6) is 0 Å². The summed E-state index contributed by atoms with van der Waals surface area (Å²) in [4.78, 5) is 2.41. The van der Waals surface area contributed by atoms with E-state index in [2.05, 4.69) is 17.1 Å². The quantitative estimate of drug-likeness (QED) is 0.878. The standard InChI is InChI=1S/C16H25FN2/c1-13(15-5-3-4-6-16(15)17)19-11-8-14(9-12-19)7-10-18-2/h3-6,13-14,18H,7-12H2,1-2H3. The van der Waals surface area contributed by atoms with E-state index in [1.54, 1.807) is 12.1 Å². The van der Waals surface area contributed by atoms with E-state index in [0.29, 0.717) is 0 Å². The average molecular weight is 264 g/mol. The first kappa shape index (κ1) is 14.5. The first-order valence-corrected chi connectivity index (χ1v) is 7.35. The van der Waals surface area contributed by atoms with E-state index in [1.165, 1.54) is 19.3 Å². The highest BCUT2D eigenvalue weighted by molar-refractivity contribution is 5.20. The number of likely N-dealkylation sites (tertiary alicyclic amines) is 1. The third-order valence-electron chi connectivity index (χ3n) is 4.35. The Labute approximate surface area is 116 Å². The van der Waals surface area contributed by atoms with Crippen LogP contribution in [0.4, 0.5) is 4.39 Å². The number of rotatable bonds is 5. The molecule has 1 unspecified atom stereocenters. The lowest BCUT2D eigenvalue weighted by molar-refractivity contribution is 0.135. The van der Waals surface area contributed by atoms with Crippen molar-refractivity contribution in [1.29, 1.82) is 0 Å². The minimum Gasteiger partial charge on any atom is -0.320 e. The third kappa shape index (κ3) is 3.77. The second kappa shape index (κ2) is 7.01. The van der Waals surface area contributed by atoms with E-state index in [-0.39, 0.29) is 11.9 Å². The average Bonchev–Trinajstić information content (AvgIpc) is 2.45. The topological polar surface area (TPSA) is 15.3 Å². The summed E-state index contributed by atoms with van der Waals surface area (Å²) in [5.74, 6) is 0.754. The second-order valence-corrected chi connectivity index (χ2v) is 5.57. The van der Waals surface area contributed by atoms with Gasteiger partial charge in [-0.25, -0.2) is 4.39 Å². The highest BCUT2D eigenvalue weighted by atomic mass is 19.1. The van der Waals surface area contributed by atoms with Gasteiger partial charge in [0.15, 0.2) is 0 Å². The summed E-state index contributed by atoms with van der Waals surface area (Å²) in [5, 5.41) is 3.22. The molecule has 0 saturated carbocycles. The van der Waals surface area contributed by atoms with E-state index in [9.17, 15) is 4.39 Å². The zero-order chi connectivity index (χ0) is 13.7. The molecule has 0 bridgehead atoms. The SMILES string of the molecule is CNCCC1CCN(C(C)c2ccccc2F)CC1. The maximum absolute atomic E-state index is 13.8. The van der Waals surface area contributed by atoms with E-state index < -0.39 is 0 Å². The molecule has 106 valence electrons. The zero-order valence-corrected chi connectivity index (χ0v) is 12.0. The van der Waals surface area contributed by atoms with Crippen molar-refractivity contribution < 1.29 is 4.39 Å². The molecule has 1 N–H and O–H groups in total. The number of halogens is 1. The van der Waals surface area contributed by atoms with Gasteiger partial charge in [0.25, 0.3) is 0 Å². The summed E-state index contributed by atoms with van der Waals surface area (Å²) in [6, 6.07) is 7.34. The Hall–Kier alpha value is -0.930. The van der Waals surface area contributed by atoms with Crippen LogP contribution in [0.25, 0.3) is 0 Å². The molecule has 1 aliphatic heterocycles. The molecule has 2 rings (SSSR count). The fourth-order valence-electron chi connectivity index (χ4n) is 2.99. The van der Waals surface area contributed by atoms with E-state index in [4.69, 9.17) is 0 Å². The fourth-order valence-corrected chi connectivity index (χ4v) is 2.99. The minimum absolute atomic E-state index is 0.0766. The predicted molar refractivity (Wildman–Crippen MR) is 77.7 cm³/mol. The monoisotopic (exact) mass is 264 g/mol. The number of nitrogens with zero attached hydrogens (tertiary/aromatic N) is 1. The Balaban J connectivity index is 1.89. The van der Waals surface area contributed by atoms with Gasteiger partial charge < -0.3 is 5.32 Å². The highest BCUT2D eigenvalue weighted by Gasteiger charge is 2.24. The molecule has 1 aliphatic rings. The Kier molecular flexibility index (Phi) is 5.34. The van der Waals surface area contributed by atoms with E-state index in [0.717, 1.165) is 31.1 Å². The van der Waals surface area contributed by atoms with Crippen molar-refractivity contribution in [2.75, 3.05) is 26.7 Å². The molecule has 19 heavy (non-hydrogen) atoms. The first-order valence-electron chi connectivity index (χ1n) is 7.35. The molecule has 0 amide bonds. The molecule has 0 radical (unpaired) electrons. The summed E-state index contributed by atoms with van der Waals surface area (Å²) >= 11 is 0. The summed E-state index contributed by atoms with van der Waals surface area (Å²) in [6.45, 7) is 5.40. The van der Waals surface area contributed by atoms with Gasteiger partial charge in [0.1, 0.15) is 5.82 Å². The summed E-state index contributed by atoms with van der Waals surface area (Å²) < 4.78 is 13.8. The van der Waals surface area contributed by atoms with Crippen LogP contribution in [0, 0.1) is 11.7 Å². The van der Waals surface area contributed by atoms with Crippen LogP contribution in [0.15, 0.2) is 24.3 Å². The molecule has 1 aromatic rings. The zero-order valence-electron chi connectivity index (χ0n) is 12.0.